The molecule has 0 radical (unpaired) electrons. The second-order valence-corrected chi connectivity index (χ2v) is 7.20. The summed E-state index contributed by atoms with van der Waals surface area (Å²) in [6.45, 7) is 4.93. The molecule has 23 heavy (non-hydrogen) atoms. The number of nitrogens with zero attached hydrogens (tertiary/aromatic N) is 2. The summed E-state index contributed by atoms with van der Waals surface area (Å²) in [5.74, 6) is 1.13. The number of amides is 1. The van der Waals surface area contributed by atoms with Crippen LogP contribution in [0, 0.1) is 5.92 Å². The molecule has 4 unspecified atom stereocenters. The fourth-order valence-corrected chi connectivity index (χ4v) is 5.01. The van der Waals surface area contributed by atoms with E-state index >= 15 is 0 Å². The largest absolute Gasteiger partial charge is 0.341 e. The van der Waals surface area contributed by atoms with Gasteiger partial charge < -0.3 is 4.90 Å². The minimum atomic E-state index is 0.310. The molecule has 1 aromatic carbocycles. The van der Waals surface area contributed by atoms with Crippen molar-refractivity contribution in [3.63, 3.8) is 0 Å². The van der Waals surface area contributed by atoms with Gasteiger partial charge >= 0.3 is 0 Å². The van der Waals surface area contributed by atoms with E-state index in [-0.39, 0.29) is 0 Å². The number of hydrogen-bond acceptors (Lipinski definition) is 2. The maximum absolute atomic E-state index is 12.1. The van der Waals surface area contributed by atoms with E-state index < -0.39 is 0 Å². The Balaban J connectivity index is 1.43. The zero-order chi connectivity index (χ0) is 15.9. The van der Waals surface area contributed by atoms with Crippen LogP contribution >= 0.6 is 0 Å². The molecule has 2 saturated heterocycles. The van der Waals surface area contributed by atoms with Gasteiger partial charge in [0.1, 0.15) is 0 Å². The van der Waals surface area contributed by atoms with E-state index in [9.17, 15) is 4.79 Å². The molecule has 3 fully saturated rings. The molecule has 0 N–H and O–H groups in total. The lowest BCUT2D eigenvalue weighted by molar-refractivity contribution is -0.133. The van der Waals surface area contributed by atoms with E-state index in [0.717, 1.165) is 25.6 Å². The second-order valence-electron chi connectivity index (χ2n) is 7.20. The molecule has 1 spiro atoms. The Bertz CT molecular complexity index is 611. The lowest BCUT2D eigenvalue weighted by atomic mass is 9.86. The number of benzene rings is 1. The molecule has 0 bridgehead atoms. The Kier molecular flexibility index (Phi) is 3.76. The number of hydrogen-bond donors (Lipinski definition) is 0. The van der Waals surface area contributed by atoms with E-state index in [1.165, 1.54) is 24.8 Å². The first-order chi connectivity index (χ1) is 11.3. The van der Waals surface area contributed by atoms with E-state index in [1.54, 1.807) is 0 Å². The van der Waals surface area contributed by atoms with Crippen molar-refractivity contribution in [2.24, 2.45) is 5.92 Å². The van der Waals surface area contributed by atoms with Crippen molar-refractivity contribution in [2.75, 3.05) is 19.6 Å². The van der Waals surface area contributed by atoms with Crippen LogP contribution in [-0.2, 0) is 4.79 Å². The van der Waals surface area contributed by atoms with Crippen LogP contribution in [0.2, 0.25) is 0 Å². The highest BCUT2D eigenvalue weighted by Gasteiger charge is 2.70. The summed E-state index contributed by atoms with van der Waals surface area (Å²) >= 11 is 0. The summed E-state index contributed by atoms with van der Waals surface area (Å²) in [6.07, 6.45) is 9.02. The van der Waals surface area contributed by atoms with Crippen LogP contribution in [0.1, 0.15) is 38.2 Å². The smallest absolute Gasteiger partial charge is 0.222 e. The molecule has 1 amide bonds. The van der Waals surface area contributed by atoms with Crippen molar-refractivity contribution in [2.45, 2.75) is 44.2 Å². The number of rotatable bonds is 4. The van der Waals surface area contributed by atoms with Gasteiger partial charge in [0.25, 0.3) is 0 Å². The Hall–Kier alpha value is -1.61. The van der Waals surface area contributed by atoms with E-state index in [1.807, 2.05) is 6.92 Å². The predicted octanol–water partition coefficient (Wildman–Crippen LogP) is 3.18. The first-order valence-electron chi connectivity index (χ1n) is 9.02. The van der Waals surface area contributed by atoms with Gasteiger partial charge in [-0.1, -0.05) is 49.4 Å². The molecular formula is C20H26N2O. The summed E-state index contributed by atoms with van der Waals surface area (Å²) in [5.41, 5.74) is 1.57. The fourth-order valence-electron chi connectivity index (χ4n) is 5.01. The van der Waals surface area contributed by atoms with Gasteiger partial charge in [-0.15, -0.1) is 0 Å². The van der Waals surface area contributed by atoms with Gasteiger partial charge in [-0.25, -0.2) is 0 Å². The standard InChI is InChI=1S/C20H26N2O/c1-2-19(23)21-14-12-17-10-11-18-20(17,15-21)22(18)13-6-9-16-7-4-3-5-8-16/h3-9,17-18H,2,10-15H2,1H3/b9-6+. The average Bonchev–Trinajstić information content (AvgIpc) is 3.01. The number of carbonyl (C=O) groups is 1. The molecule has 2 heterocycles. The Labute approximate surface area is 139 Å². The third kappa shape index (κ3) is 2.42. The molecule has 3 aliphatic rings. The zero-order valence-corrected chi connectivity index (χ0v) is 13.9. The first-order valence-corrected chi connectivity index (χ1v) is 9.02. The minimum Gasteiger partial charge on any atom is -0.341 e. The lowest BCUT2D eigenvalue weighted by Crippen LogP contribution is -2.50. The van der Waals surface area contributed by atoms with Gasteiger partial charge in [0.2, 0.25) is 5.91 Å². The summed E-state index contributed by atoms with van der Waals surface area (Å²) in [5, 5.41) is 0. The van der Waals surface area contributed by atoms with Crippen LogP contribution in [0.3, 0.4) is 0 Å². The molecule has 4 rings (SSSR count). The molecule has 1 saturated carbocycles. The van der Waals surface area contributed by atoms with E-state index in [0.29, 0.717) is 23.9 Å². The second kappa shape index (κ2) is 5.79. The monoisotopic (exact) mass is 310 g/mol. The maximum Gasteiger partial charge on any atom is 0.222 e. The maximum atomic E-state index is 12.1. The zero-order valence-electron chi connectivity index (χ0n) is 13.9. The molecule has 4 atom stereocenters. The average molecular weight is 310 g/mol. The molecular weight excluding hydrogens is 284 g/mol. The summed E-state index contributed by atoms with van der Waals surface area (Å²) in [7, 11) is 0. The summed E-state index contributed by atoms with van der Waals surface area (Å²) < 4.78 is 0. The van der Waals surface area contributed by atoms with Gasteiger partial charge in [0.05, 0.1) is 5.54 Å². The quantitative estimate of drug-likeness (QED) is 0.797. The van der Waals surface area contributed by atoms with Gasteiger partial charge in [-0.05, 0) is 30.7 Å². The molecule has 3 nitrogen and oxygen atoms in total. The van der Waals surface area contributed by atoms with Crippen LogP contribution < -0.4 is 0 Å². The molecule has 122 valence electrons. The van der Waals surface area contributed by atoms with Crippen molar-refractivity contribution >= 4 is 12.0 Å². The highest BCUT2D eigenvalue weighted by molar-refractivity contribution is 5.76. The van der Waals surface area contributed by atoms with Crippen LogP contribution in [0.15, 0.2) is 36.4 Å². The predicted molar refractivity (Wildman–Crippen MR) is 92.9 cm³/mol. The molecule has 1 aliphatic carbocycles. The molecule has 0 aromatic heterocycles. The highest BCUT2D eigenvalue weighted by Crippen LogP contribution is 2.59. The van der Waals surface area contributed by atoms with Crippen LogP contribution in [0.4, 0.5) is 0 Å². The van der Waals surface area contributed by atoms with Crippen LogP contribution in [0.5, 0.6) is 0 Å². The topological polar surface area (TPSA) is 23.3 Å². The van der Waals surface area contributed by atoms with E-state index in [2.05, 4.69) is 52.3 Å². The Morgan fingerprint density at radius 2 is 2.09 bits per heavy atom. The number of likely N-dealkylation sites (tertiary alicyclic amines) is 2. The Morgan fingerprint density at radius 3 is 2.87 bits per heavy atom. The third-order valence-electron chi connectivity index (χ3n) is 6.17. The minimum absolute atomic E-state index is 0.310. The van der Waals surface area contributed by atoms with Crippen molar-refractivity contribution < 1.29 is 4.79 Å². The molecule has 2 aliphatic heterocycles. The van der Waals surface area contributed by atoms with Gasteiger partial charge in [0.15, 0.2) is 0 Å². The molecule has 1 aromatic rings. The first kappa shape index (κ1) is 14.9. The van der Waals surface area contributed by atoms with Crippen molar-refractivity contribution in [1.82, 2.24) is 9.80 Å². The van der Waals surface area contributed by atoms with E-state index in [4.69, 9.17) is 0 Å². The van der Waals surface area contributed by atoms with Crippen molar-refractivity contribution in [1.29, 1.82) is 0 Å². The third-order valence-corrected chi connectivity index (χ3v) is 6.17. The summed E-state index contributed by atoms with van der Waals surface area (Å²) in [6, 6.07) is 11.2. The number of carbonyl (C=O) groups excluding carboxylic acids is 1. The number of piperidine rings is 2. The van der Waals surface area contributed by atoms with Crippen LogP contribution in [0.25, 0.3) is 6.08 Å². The fraction of sp³-hybridized carbons (Fsp3) is 0.550. The van der Waals surface area contributed by atoms with Crippen molar-refractivity contribution in [3.8, 4) is 0 Å². The van der Waals surface area contributed by atoms with Crippen LogP contribution in [-0.4, -0.2) is 46.9 Å². The molecule has 3 heteroatoms. The van der Waals surface area contributed by atoms with Gasteiger partial charge in [0, 0.05) is 32.1 Å². The Morgan fingerprint density at radius 1 is 1.26 bits per heavy atom. The normalized spacial score (nSPS) is 35.2. The highest BCUT2D eigenvalue weighted by atomic mass is 16.2. The SMILES string of the molecule is CCC(=O)N1CCC2CCC3N(C/C=C/c4ccccc4)C23C1. The lowest BCUT2D eigenvalue weighted by Gasteiger charge is -2.38. The van der Waals surface area contributed by atoms with Gasteiger partial charge in [-0.3, -0.25) is 9.69 Å². The summed E-state index contributed by atoms with van der Waals surface area (Å²) in [4.78, 5) is 16.9. The van der Waals surface area contributed by atoms with Gasteiger partial charge in [-0.2, -0.15) is 0 Å². The van der Waals surface area contributed by atoms with Crippen molar-refractivity contribution in [3.05, 3.63) is 42.0 Å².